The Hall–Kier alpha value is -0.160. The van der Waals surface area contributed by atoms with Crippen LogP contribution >= 0.6 is 0 Å². The molecule has 7 N–H and O–H groups in total. The minimum atomic E-state index is 0.210. The SMILES string of the molecule is C[C@H](CCCO)[C@H]1CC[C@H]2C3[C@H](N)CC4C[C@H](N)CCC4(C)[C@H]3C[C@H](N)C12C. The van der Waals surface area contributed by atoms with E-state index in [0.717, 1.165) is 32.1 Å². The highest BCUT2D eigenvalue weighted by Gasteiger charge is 2.64. The predicted octanol–water partition coefficient (Wildman–Crippen LogP) is 3.26. The fourth-order valence-corrected chi connectivity index (χ4v) is 8.99. The maximum atomic E-state index is 9.30. The van der Waals surface area contributed by atoms with Crippen molar-refractivity contribution in [2.24, 2.45) is 63.5 Å². The summed E-state index contributed by atoms with van der Waals surface area (Å²) in [5.41, 5.74) is 21.0. The lowest BCUT2D eigenvalue weighted by atomic mass is 9.42. The maximum absolute atomic E-state index is 9.30. The summed E-state index contributed by atoms with van der Waals surface area (Å²) in [6.45, 7) is 7.76. The van der Waals surface area contributed by atoms with Crippen LogP contribution in [0, 0.1) is 46.3 Å². The third-order valence-electron chi connectivity index (χ3n) is 10.6. The molecule has 28 heavy (non-hydrogen) atoms. The van der Waals surface area contributed by atoms with E-state index in [0.29, 0.717) is 59.6 Å². The van der Waals surface area contributed by atoms with Gasteiger partial charge >= 0.3 is 0 Å². The number of rotatable bonds is 4. The van der Waals surface area contributed by atoms with Crippen LogP contribution in [0.1, 0.15) is 78.6 Å². The molecule has 0 aromatic carbocycles. The van der Waals surface area contributed by atoms with Gasteiger partial charge in [0, 0.05) is 24.7 Å². The molecule has 0 aromatic heterocycles. The monoisotopic (exact) mass is 391 g/mol. The average molecular weight is 392 g/mol. The Balaban J connectivity index is 1.62. The van der Waals surface area contributed by atoms with Gasteiger partial charge in [-0.25, -0.2) is 0 Å². The Morgan fingerprint density at radius 3 is 2.46 bits per heavy atom. The molecule has 0 aromatic rings. The van der Waals surface area contributed by atoms with Crippen LogP contribution in [-0.4, -0.2) is 29.8 Å². The van der Waals surface area contributed by atoms with Crippen molar-refractivity contribution in [1.29, 1.82) is 0 Å². The van der Waals surface area contributed by atoms with Crippen molar-refractivity contribution in [3.05, 3.63) is 0 Å². The summed E-state index contributed by atoms with van der Waals surface area (Å²) < 4.78 is 0. The zero-order valence-corrected chi connectivity index (χ0v) is 18.4. The normalized spacial score (nSPS) is 54.5. The van der Waals surface area contributed by atoms with Crippen LogP contribution < -0.4 is 17.2 Å². The molecule has 4 saturated carbocycles. The molecular formula is C24H45N3O. The highest BCUT2D eigenvalue weighted by Crippen LogP contribution is 2.67. The molecule has 0 aliphatic heterocycles. The minimum Gasteiger partial charge on any atom is -0.396 e. The smallest absolute Gasteiger partial charge is 0.0431 e. The molecule has 0 amide bonds. The van der Waals surface area contributed by atoms with Gasteiger partial charge in [-0.05, 0) is 104 Å². The number of hydrogen-bond acceptors (Lipinski definition) is 4. The summed E-state index contributed by atoms with van der Waals surface area (Å²) in [5, 5.41) is 9.30. The van der Waals surface area contributed by atoms with Gasteiger partial charge < -0.3 is 22.3 Å². The van der Waals surface area contributed by atoms with Crippen LogP contribution in [0.3, 0.4) is 0 Å². The summed E-state index contributed by atoms with van der Waals surface area (Å²) in [4.78, 5) is 0. The third kappa shape index (κ3) is 3.01. The quantitative estimate of drug-likeness (QED) is 0.591. The zero-order valence-electron chi connectivity index (χ0n) is 18.4. The highest BCUT2D eigenvalue weighted by molar-refractivity contribution is 5.16. The fraction of sp³-hybridized carbons (Fsp3) is 1.00. The lowest BCUT2D eigenvalue weighted by Gasteiger charge is -2.64. The number of nitrogens with two attached hydrogens (primary N) is 3. The Bertz CT molecular complexity index is 570. The van der Waals surface area contributed by atoms with Crippen molar-refractivity contribution in [3.63, 3.8) is 0 Å². The van der Waals surface area contributed by atoms with E-state index in [2.05, 4.69) is 20.8 Å². The van der Waals surface area contributed by atoms with Gasteiger partial charge in [-0.15, -0.1) is 0 Å². The summed E-state index contributed by atoms with van der Waals surface area (Å²) in [5.74, 6) is 3.98. The summed E-state index contributed by atoms with van der Waals surface area (Å²) in [6, 6.07) is 0.963. The van der Waals surface area contributed by atoms with E-state index in [1.54, 1.807) is 0 Å². The van der Waals surface area contributed by atoms with Crippen LogP contribution in [0.25, 0.3) is 0 Å². The average Bonchev–Trinajstić information content (AvgIpc) is 3.01. The van der Waals surface area contributed by atoms with Crippen LogP contribution in [0.2, 0.25) is 0 Å². The Morgan fingerprint density at radius 1 is 1.00 bits per heavy atom. The molecule has 11 atom stereocenters. The van der Waals surface area contributed by atoms with Gasteiger partial charge in [0.2, 0.25) is 0 Å². The first-order valence-corrected chi connectivity index (χ1v) is 12.1. The van der Waals surface area contributed by atoms with Gasteiger partial charge in [-0.1, -0.05) is 20.8 Å². The Morgan fingerprint density at radius 2 is 1.75 bits per heavy atom. The number of aliphatic hydroxyl groups excluding tert-OH is 1. The Kier molecular flexibility index (Phi) is 5.66. The van der Waals surface area contributed by atoms with Crippen molar-refractivity contribution < 1.29 is 5.11 Å². The number of aliphatic hydroxyl groups is 1. The van der Waals surface area contributed by atoms with E-state index in [9.17, 15) is 5.11 Å². The number of hydrogen-bond donors (Lipinski definition) is 4. The zero-order chi connectivity index (χ0) is 20.3. The Labute approximate surface area is 172 Å². The standard InChI is InChI=1S/C24H45N3O/c1-14(5-4-10-28)17-6-7-18-22-19(13-21(27)24(17,18)3)23(2)9-8-16(25)11-15(23)12-20(22)26/h14-22,28H,4-13,25-27H2,1-3H3/t14-,15?,16-,17-,18+,19+,20-,21+,22?,23?,24?/m1/s1. The first kappa shape index (κ1) is 21.1. The van der Waals surface area contributed by atoms with Crippen LogP contribution in [0.5, 0.6) is 0 Å². The molecule has 0 bridgehead atoms. The van der Waals surface area contributed by atoms with Crippen LogP contribution in [0.4, 0.5) is 0 Å². The van der Waals surface area contributed by atoms with Crippen molar-refractivity contribution in [2.75, 3.05) is 6.61 Å². The topological polar surface area (TPSA) is 98.3 Å². The van der Waals surface area contributed by atoms with Gasteiger partial charge in [0.15, 0.2) is 0 Å². The summed E-state index contributed by atoms with van der Waals surface area (Å²) in [7, 11) is 0. The van der Waals surface area contributed by atoms with Crippen LogP contribution in [-0.2, 0) is 0 Å². The van der Waals surface area contributed by atoms with Crippen molar-refractivity contribution in [3.8, 4) is 0 Å². The van der Waals surface area contributed by atoms with Crippen molar-refractivity contribution >= 4 is 0 Å². The second-order valence-corrected chi connectivity index (χ2v) is 11.7. The molecule has 4 aliphatic rings. The predicted molar refractivity (Wildman–Crippen MR) is 115 cm³/mol. The molecule has 4 aliphatic carbocycles. The van der Waals surface area contributed by atoms with E-state index in [4.69, 9.17) is 17.2 Å². The third-order valence-corrected chi connectivity index (χ3v) is 10.6. The molecule has 0 spiro atoms. The van der Waals surface area contributed by atoms with Gasteiger partial charge in [-0.2, -0.15) is 0 Å². The highest BCUT2D eigenvalue weighted by atomic mass is 16.2. The first-order valence-electron chi connectivity index (χ1n) is 12.1. The molecule has 162 valence electrons. The molecule has 0 saturated heterocycles. The van der Waals surface area contributed by atoms with Crippen molar-refractivity contribution in [1.82, 2.24) is 0 Å². The van der Waals surface area contributed by atoms with E-state index < -0.39 is 0 Å². The summed E-state index contributed by atoms with van der Waals surface area (Å²) in [6.07, 6.45) is 10.5. The van der Waals surface area contributed by atoms with E-state index in [1.165, 1.54) is 25.7 Å². The second-order valence-electron chi connectivity index (χ2n) is 11.7. The minimum absolute atomic E-state index is 0.210. The maximum Gasteiger partial charge on any atom is 0.0431 e. The summed E-state index contributed by atoms with van der Waals surface area (Å²) >= 11 is 0. The molecule has 0 radical (unpaired) electrons. The molecule has 4 rings (SSSR count). The van der Waals surface area contributed by atoms with Gasteiger partial charge in [-0.3, -0.25) is 0 Å². The van der Waals surface area contributed by atoms with Gasteiger partial charge in [0.05, 0.1) is 0 Å². The molecule has 4 fully saturated rings. The second kappa shape index (κ2) is 7.51. The van der Waals surface area contributed by atoms with E-state index in [1.807, 2.05) is 0 Å². The molecule has 4 heteroatoms. The van der Waals surface area contributed by atoms with E-state index >= 15 is 0 Å². The van der Waals surface area contributed by atoms with E-state index in [-0.39, 0.29) is 11.5 Å². The molecular weight excluding hydrogens is 346 g/mol. The lowest BCUT2D eigenvalue weighted by Crippen LogP contribution is -2.65. The van der Waals surface area contributed by atoms with Crippen molar-refractivity contribution in [2.45, 2.75) is 96.7 Å². The first-order chi connectivity index (χ1) is 13.2. The largest absolute Gasteiger partial charge is 0.396 e. The van der Waals surface area contributed by atoms with Gasteiger partial charge in [0.25, 0.3) is 0 Å². The molecule has 4 nitrogen and oxygen atoms in total. The molecule has 4 unspecified atom stereocenters. The molecule has 0 heterocycles. The fourth-order valence-electron chi connectivity index (χ4n) is 8.99. The van der Waals surface area contributed by atoms with Crippen LogP contribution in [0.15, 0.2) is 0 Å². The number of fused-ring (bicyclic) bond motifs is 5. The van der Waals surface area contributed by atoms with Gasteiger partial charge in [0.1, 0.15) is 0 Å². The lowest BCUT2D eigenvalue weighted by molar-refractivity contribution is -0.132.